The van der Waals surface area contributed by atoms with E-state index in [0.717, 1.165) is 0 Å². The highest BCUT2D eigenvalue weighted by Gasteiger charge is 2.36. The lowest BCUT2D eigenvalue weighted by molar-refractivity contribution is 0.659. The maximum Gasteiger partial charge on any atom is 0.0355 e. The molecular weight excluding hydrogens is 609 g/mol. The van der Waals surface area contributed by atoms with Crippen molar-refractivity contribution in [2.45, 2.75) is 25.2 Å². The van der Waals surface area contributed by atoms with Crippen LogP contribution < -0.4 is 0 Å². The van der Waals surface area contributed by atoms with Crippen LogP contribution in [-0.2, 0) is 5.41 Å². The Kier molecular flexibility index (Phi) is 6.26. The molecule has 0 saturated heterocycles. The summed E-state index contributed by atoms with van der Waals surface area (Å²) in [5, 5.41) is 7.84. The first-order chi connectivity index (χ1) is 24.0. The molecule has 0 spiro atoms. The van der Waals surface area contributed by atoms with E-state index >= 15 is 0 Å². The fourth-order valence-corrected chi connectivity index (χ4v) is 9.54. The molecule has 8 aromatic carbocycles. The van der Waals surface area contributed by atoms with Crippen molar-refractivity contribution in [3.63, 3.8) is 0 Å². The second-order valence-electron chi connectivity index (χ2n) is 14.1. The van der Waals surface area contributed by atoms with Gasteiger partial charge in [-0.2, -0.15) is 0 Å². The summed E-state index contributed by atoms with van der Waals surface area (Å²) < 4.78 is 2.68. The molecule has 1 aliphatic rings. The molecule has 0 amide bonds. The van der Waals surface area contributed by atoms with Crippen LogP contribution in [0.3, 0.4) is 0 Å². The number of hydrogen-bond acceptors (Lipinski definition) is 1. The molecule has 0 nitrogen and oxygen atoms in total. The summed E-state index contributed by atoms with van der Waals surface area (Å²) >= 11 is 1.87. The second-order valence-corrected chi connectivity index (χ2v) is 15.2. The summed E-state index contributed by atoms with van der Waals surface area (Å²) in [4.78, 5) is 0. The fraction of sp³-hybridized carbons (Fsp3) is 0.0833. The van der Waals surface area contributed by atoms with E-state index in [-0.39, 0.29) is 11.3 Å². The molecule has 1 unspecified atom stereocenters. The first-order valence-corrected chi connectivity index (χ1v) is 18.0. The monoisotopic (exact) mass is 642 g/mol. The number of benzene rings is 8. The largest absolute Gasteiger partial charge is 0.135 e. The third-order valence-corrected chi connectivity index (χ3v) is 12.2. The van der Waals surface area contributed by atoms with Crippen molar-refractivity contribution in [1.82, 2.24) is 0 Å². The number of hydrogen-bond donors (Lipinski definition) is 0. The molecule has 0 bridgehead atoms. The molecular formula is C48H34S. The average Bonchev–Trinajstić information content (AvgIpc) is 3.63. The van der Waals surface area contributed by atoms with Crippen molar-refractivity contribution in [1.29, 1.82) is 0 Å². The van der Waals surface area contributed by atoms with E-state index in [1.807, 2.05) is 11.3 Å². The van der Waals surface area contributed by atoms with Gasteiger partial charge in [-0.15, -0.1) is 11.3 Å². The number of thiophene rings is 1. The van der Waals surface area contributed by atoms with Crippen LogP contribution in [0.5, 0.6) is 0 Å². The van der Waals surface area contributed by atoms with Crippen LogP contribution in [0.4, 0.5) is 0 Å². The summed E-state index contributed by atoms with van der Waals surface area (Å²) in [6, 6.07) is 61.6. The Hall–Kier alpha value is -5.50. The molecule has 49 heavy (non-hydrogen) atoms. The van der Waals surface area contributed by atoms with E-state index in [4.69, 9.17) is 0 Å². The molecule has 0 aliphatic heterocycles. The molecule has 0 saturated carbocycles. The van der Waals surface area contributed by atoms with E-state index in [2.05, 4.69) is 178 Å². The molecule has 1 atom stereocenters. The lowest BCUT2D eigenvalue weighted by Gasteiger charge is -2.25. The predicted octanol–water partition coefficient (Wildman–Crippen LogP) is 13.5. The zero-order valence-electron chi connectivity index (χ0n) is 27.6. The third kappa shape index (κ3) is 4.43. The standard InChI is InChI=1S/C48H34S/c1-48(2)43-13-7-5-11-38(43)39-25-23-36(29-44(39)48)47(35-22-19-32-18-17-31-9-3-4-10-37(31)41(32)28-35)33-20-15-30(16-21-33)34-24-26-46-42(27-34)40-12-6-8-14-45(40)49-46/h3-29,47H,1-2H3. The Bertz CT molecular complexity index is 2740. The Labute approximate surface area is 290 Å². The van der Waals surface area contributed by atoms with Gasteiger partial charge in [-0.05, 0) is 95.9 Å². The van der Waals surface area contributed by atoms with Crippen molar-refractivity contribution < 1.29 is 0 Å². The van der Waals surface area contributed by atoms with Gasteiger partial charge in [0.15, 0.2) is 0 Å². The fourth-order valence-electron chi connectivity index (χ4n) is 8.45. The van der Waals surface area contributed by atoms with Crippen LogP contribution in [0.25, 0.3) is 64.0 Å². The molecule has 0 N–H and O–H groups in total. The normalized spacial score (nSPS) is 14.0. The average molecular weight is 643 g/mol. The molecule has 232 valence electrons. The molecule has 1 aromatic heterocycles. The van der Waals surface area contributed by atoms with Gasteiger partial charge in [0, 0.05) is 31.5 Å². The van der Waals surface area contributed by atoms with Gasteiger partial charge < -0.3 is 0 Å². The predicted molar refractivity (Wildman–Crippen MR) is 211 cm³/mol. The Morgan fingerprint density at radius 2 is 1.02 bits per heavy atom. The first-order valence-electron chi connectivity index (χ1n) is 17.2. The Morgan fingerprint density at radius 1 is 0.408 bits per heavy atom. The van der Waals surface area contributed by atoms with Gasteiger partial charge in [0.25, 0.3) is 0 Å². The summed E-state index contributed by atoms with van der Waals surface area (Å²) in [7, 11) is 0. The van der Waals surface area contributed by atoms with Crippen LogP contribution in [0.15, 0.2) is 164 Å². The molecule has 1 heterocycles. The van der Waals surface area contributed by atoms with Crippen LogP contribution in [0.1, 0.15) is 47.6 Å². The van der Waals surface area contributed by atoms with E-state index in [1.165, 1.54) is 91.8 Å². The Balaban J connectivity index is 1.13. The van der Waals surface area contributed by atoms with E-state index in [9.17, 15) is 0 Å². The molecule has 1 heteroatoms. The smallest absolute Gasteiger partial charge is 0.0355 e. The van der Waals surface area contributed by atoms with Crippen molar-refractivity contribution in [2.75, 3.05) is 0 Å². The maximum atomic E-state index is 2.50. The van der Waals surface area contributed by atoms with Crippen molar-refractivity contribution >= 4 is 53.1 Å². The van der Waals surface area contributed by atoms with Crippen LogP contribution in [0, 0.1) is 0 Å². The zero-order chi connectivity index (χ0) is 32.7. The molecule has 1 aliphatic carbocycles. The van der Waals surface area contributed by atoms with E-state index in [0.29, 0.717) is 0 Å². The van der Waals surface area contributed by atoms with Crippen molar-refractivity contribution in [3.8, 4) is 22.3 Å². The van der Waals surface area contributed by atoms with Crippen LogP contribution in [0.2, 0.25) is 0 Å². The summed E-state index contributed by atoms with van der Waals surface area (Å²) in [5.41, 5.74) is 11.9. The quantitative estimate of drug-likeness (QED) is 0.132. The van der Waals surface area contributed by atoms with Crippen LogP contribution >= 0.6 is 11.3 Å². The highest BCUT2D eigenvalue weighted by Crippen LogP contribution is 2.50. The summed E-state index contributed by atoms with van der Waals surface area (Å²) in [5.74, 6) is 0.0885. The third-order valence-electron chi connectivity index (χ3n) is 11.0. The maximum absolute atomic E-state index is 2.50. The lowest BCUT2D eigenvalue weighted by Crippen LogP contribution is -2.15. The van der Waals surface area contributed by atoms with Gasteiger partial charge in [-0.25, -0.2) is 0 Å². The van der Waals surface area contributed by atoms with Gasteiger partial charge in [-0.3, -0.25) is 0 Å². The topological polar surface area (TPSA) is 0 Å². The van der Waals surface area contributed by atoms with E-state index in [1.54, 1.807) is 0 Å². The van der Waals surface area contributed by atoms with Crippen molar-refractivity contribution in [3.05, 3.63) is 192 Å². The van der Waals surface area contributed by atoms with Gasteiger partial charge in [0.1, 0.15) is 0 Å². The SMILES string of the molecule is CC1(C)c2ccccc2-c2ccc(C(c3ccc(-c4ccc5sc6ccccc6c5c4)cc3)c3ccc4ccc5ccccc5c4c3)cc21. The minimum Gasteiger partial charge on any atom is -0.135 e. The highest BCUT2D eigenvalue weighted by molar-refractivity contribution is 7.25. The van der Waals surface area contributed by atoms with Gasteiger partial charge in [-0.1, -0.05) is 153 Å². The second kappa shape index (κ2) is 10.8. The number of fused-ring (bicyclic) bond motifs is 9. The van der Waals surface area contributed by atoms with Gasteiger partial charge in [0.2, 0.25) is 0 Å². The first kappa shape index (κ1) is 28.5. The lowest BCUT2D eigenvalue weighted by atomic mass is 9.78. The molecule has 9 aromatic rings. The van der Waals surface area contributed by atoms with Crippen LogP contribution in [-0.4, -0.2) is 0 Å². The molecule has 0 radical (unpaired) electrons. The Morgan fingerprint density at radius 3 is 1.90 bits per heavy atom. The minimum atomic E-state index is -0.0552. The summed E-state index contributed by atoms with van der Waals surface area (Å²) in [6.07, 6.45) is 0. The van der Waals surface area contributed by atoms with Gasteiger partial charge >= 0.3 is 0 Å². The molecule has 0 fully saturated rings. The number of rotatable bonds is 4. The minimum absolute atomic E-state index is 0.0552. The van der Waals surface area contributed by atoms with Crippen molar-refractivity contribution in [2.24, 2.45) is 0 Å². The molecule has 10 rings (SSSR count). The zero-order valence-corrected chi connectivity index (χ0v) is 28.4. The highest BCUT2D eigenvalue weighted by atomic mass is 32.1. The summed E-state index contributed by atoms with van der Waals surface area (Å²) in [6.45, 7) is 4.75. The van der Waals surface area contributed by atoms with E-state index < -0.39 is 0 Å². The van der Waals surface area contributed by atoms with Gasteiger partial charge in [0.05, 0.1) is 0 Å².